The number of aryl methyl sites for hydroxylation is 1. The monoisotopic (exact) mass is 292 g/mol. The zero-order valence-corrected chi connectivity index (χ0v) is 12.5. The van der Waals surface area contributed by atoms with Crippen LogP contribution in [0.4, 0.5) is 0 Å². The number of rotatable bonds is 7. The van der Waals surface area contributed by atoms with Crippen LogP contribution in [0.5, 0.6) is 17.2 Å². The topological polar surface area (TPSA) is 76.8 Å². The number of hydrogen-bond acceptors (Lipinski definition) is 6. The Bertz CT molecular complexity index is 570. The molecular weight excluding hydrogens is 272 g/mol. The van der Waals surface area contributed by atoms with Gasteiger partial charge in [0.05, 0.1) is 27.0 Å². The average Bonchev–Trinajstić information content (AvgIpc) is 2.96. The first-order chi connectivity index (χ1) is 10.2. The fraction of sp³-hybridized carbons (Fsp3) is 0.400. The number of aromatic hydroxyl groups is 1. The van der Waals surface area contributed by atoms with E-state index >= 15 is 0 Å². The van der Waals surface area contributed by atoms with Crippen molar-refractivity contribution in [2.24, 2.45) is 0 Å². The van der Waals surface area contributed by atoms with Gasteiger partial charge in [-0.3, -0.25) is 0 Å². The standard InChI is InChI=1S/C15H20N2O4/c1-4-11-8-17-14(21-11)9-16-7-10-5-12(19-2)15(18)13(6-10)20-3/h5-6,8,16,18H,4,7,9H2,1-3H3. The normalized spacial score (nSPS) is 10.6. The fourth-order valence-corrected chi connectivity index (χ4v) is 1.96. The maximum Gasteiger partial charge on any atom is 0.208 e. The van der Waals surface area contributed by atoms with Crippen molar-refractivity contribution < 1.29 is 19.0 Å². The Morgan fingerprint density at radius 3 is 2.38 bits per heavy atom. The molecule has 0 radical (unpaired) electrons. The van der Waals surface area contributed by atoms with Gasteiger partial charge in [0.25, 0.3) is 0 Å². The first-order valence-corrected chi connectivity index (χ1v) is 6.76. The highest BCUT2D eigenvalue weighted by molar-refractivity contribution is 5.52. The lowest BCUT2D eigenvalue weighted by molar-refractivity contribution is 0.339. The molecule has 1 heterocycles. The number of nitrogens with one attached hydrogen (secondary N) is 1. The average molecular weight is 292 g/mol. The summed E-state index contributed by atoms with van der Waals surface area (Å²) in [5.41, 5.74) is 0.934. The molecule has 0 saturated carbocycles. The van der Waals surface area contributed by atoms with Crippen molar-refractivity contribution in [3.8, 4) is 17.2 Å². The summed E-state index contributed by atoms with van der Waals surface area (Å²) in [4.78, 5) is 4.18. The minimum atomic E-state index is 0.00374. The van der Waals surface area contributed by atoms with Crippen LogP contribution in [-0.4, -0.2) is 24.3 Å². The minimum absolute atomic E-state index is 0.00374. The minimum Gasteiger partial charge on any atom is -0.502 e. The summed E-state index contributed by atoms with van der Waals surface area (Å²) in [6.45, 7) is 3.13. The number of ether oxygens (including phenoxy) is 2. The fourth-order valence-electron chi connectivity index (χ4n) is 1.96. The highest BCUT2D eigenvalue weighted by Gasteiger charge is 2.11. The second kappa shape index (κ2) is 6.99. The molecule has 0 fully saturated rings. The second-order valence-electron chi connectivity index (χ2n) is 4.53. The number of aromatic nitrogens is 1. The summed E-state index contributed by atoms with van der Waals surface area (Å²) in [5, 5.41) is 13.1. The molecule has 2 rings (SSSR count). The molecule has 0 bridgehead atoms. The van der Waals surface area contributed by atoms with Crippen molar-refractivity contribution in [1.82, 2.24) is 10.3 Å². The van der Waals surface area contributed by atoms with Crippen LogP contribution in [-0.2, 0) is 19.5 Å². The van der Waals surface area contributed by atoms with Gasteiger partial charge < -0.3 is 24.3 Å². The van der Waals surface area contributed by atoms with Crippen LogP contribution in [0.15, 0.2) is 22.7 Å². The van der Waals surface area contributed by atoms with Gasteiger partial charge in [-0.2, -0.15) is 0 Å². The Labute approximate surface area is 123 Å². The lowest BCUT2D eigenvalue weighted by atomic mass is 10.2. The van der Waals surface area contributed by atoms with Gasteiger partial charge in [-0.15, -0.1) is 0 Å². The maximum absolute atomic E-state index is 9.85. The summed E-state index contributed by atoms with van der Waals surface area (Å²) >= 11 is 0. The van der Waals surface area contributed by atoms with Crippen LogP contribution in [0, 0.1) is 0 Å². The van der Waals surface area contributed by atoms with E-state index in [9.17, 15) is 5.11 Å². The molecule has 21 heavy (non-hydrogen) atoms. The Kier molecular flexibility index (Phi) is 5.05. The Hall–Kier alpha value is -2.21. The molecular formula is C15H20N2O4. The number of phenols is 1. The molecule has 0 spiro atoms. The molecule has 6 nitrogen and oxygen atoms in total. The predicted octanol–water partition coefficient (Wildman–Crippen LogP) is 2.25. The number of oxazole rings is 1. The van der Waals surface area contributed by atoms with Gasteiger partial charge in [-0.05, 0) is 17.7 Å². The van der Waals surface area contributed by atoms with Gasteiger partial charge >= 0.3 is 0 Å². The number of methoxy groups -OCH3 is 2. The molecule has 6 heteroatoms. The van der Waals surface area contributed by atoms with Crippen molar-refractivity contribution in [3.63, 3.8) is 0 Å². The smallest absolute Gasteiger partial charge is 0.208 e. The molecule has 0 amide bonds. The highest BCUT2D eigenvalue weighted by atomic mass is 16.5. The molecule has 1 aromatic carbocycles. The molecule has 0 saturated heterocycles. The molecule has 0 atom stereocenters. The van der Waals surface area contributed by atoms with Gasteiger partial charge in [-0.1, -0.05) is 6.92 Å². The summed E-state index contributed by atoms with van der Waals surface area (Å²) in [5.74, 6) is 2.31. The maximum atomic E-state index is 9.85. The summed E-state index contributed by atoms with van der Waals surface area (Å²) in [7, 11) is 3.01. The zero-order chi connectivity index (χ0) is 15.2. The first kappa shape index (κ1) is 15.2. The van der Waals surface area contributed by atoms with Crippen LogP contribution in [0.3, 0.4) is 0 Å². The number of benzene rings is 1. The summed E-state index contributed by atoms with van der Waals surface area (Å²) < 4.78 is 15.8. The molecule has 114 valence electrons. The Morgan fingerprint density at radius 1 is 1.19 bits per heavy atom. The predicted molar refractivity (Wildman–Crippen MR) is 77.6 cm³/mol. The third-order valence-corrected chi connectivity index (χ3v) is 3.09. The van der Waals surface area contributed by atoms with Gasteiger partial charge in [0.2, 0.25) is 11.6 Å². The number of phenolic OH excluding ortho intramolecular Hbond substituents is 1. The lowest BCUT2D eigenvalue weighted by Gasteiger charge is -2.11. The molecule has 0 aliphatic rings. The van der Waals surface area contributed by atoms with E-state index in [1.54, 1.807) is 18.3 Å². The van der Waals surface area contributed by atoms with E-state index in [1.807, 2.05) is 6.92 Å². The zero-order valence-electron chi connectivity index (χ0n) is 12.5. The van der Waals surface area contributed by atoms with E-state index in [0.29, 0.717) is 30.5 Å². The van der Waals surface area contributed by atoms with E-state index < -0.39 is 0 Å². The molecule has 0 aliphatic heterocycles. The second-order valence-corrected chi connectivity index (χ2v) is 4.53. The molecule has 0 unspecified atom stereocenters. The van der Waals surface area contributed by atoms with Gasteiger partial charge in [0.1, 0.15) is 5.76 Å². The number of hydrogen-bond donors (Lipinski definition) is 2. The molecule has 1 aromatic heterocycles. The van der Waals surface area contributed by atoms with E-state index in [0.717, 1.165) is 17.7 Å². The SMILES string of the molecule is CCc1cnc(CNCc2cc(OC)c(O)c(OC)c2)o1. The van der Waals surface area contributed by atoms with E-state index in [1.165, 1.54) is 14.2 Å². The van der Waals surface area contributed by atoms with Crippen LogP contribution in [0.2, 0.25) is 0 Å². The van der Waals surface area contributed by atoms with E-state index in [4.69, 9.17) is 13.9 Å². The highest BCUT2D eigenvalue weighted by Crippen LogP contribution is 2.36. The van der Waals surface area contributed by atoms with Crippen LogP contribution in [0.1, 0.15) is 24.1 Å². The Morgan fingerprint density at radius 2 is 1.86 bits per heavy atom. The molecule has 2 aromatic rings. The van der Waals surface area contributed by atoms with Crippen molar-refractivity contribution in [1.29, 1.82) is 0 Å². The summed E-state index contributed by atoms with van der Waals surface area (Å²) in [6, 6.07) is 3.52. The van der Waals surface area contributed by atoms with Crippen LogP contribution in [0.25, 0.3) is 0 Å². The van der Waals surface area contributed by atoms with Gasteiger partial charge in [0.15, 0.2) is 11.5 Å². The Balaban J connectivity index is 1.99. The van der Waals surface area contributed by atoms with Crippen LogP contribution < -0.4 is 14.8 Å². The van der Waals surface area contributed by atoms with Crippen molar-refractivity contribution in [2.45, 2.75) is 26.4 Å². The third-order valence-electron chi connectivity index (χ3n) is 3.09. The first-order valence-electron chi connectivity index (χ1n) is 6.76. The quantitative estimate of drug-likeness (QED) is 0.815. The van der Waals surface area contributed by atoms with Gasteiger partial charge in [0, 0.05) is 13.0 Å². The van der Waals surface area contributed by atoms with Gasteiger partial charge in [-0.25, -0.2) is 4.98 Å². The molecule has 2 N–H and O–H groups in total. The molecule has 0 aliphatic carbocycles. The third kappa shape index (κ3) is 3.66. The largest absolute Gasteiger partial charge is 0.502 e. The summed E-state index contributed by atoms with van der Waals surface area (Å²) in [6.07, 6.45) is 2.57. The van der Waals surface area contributed by atoms with Crippen LogP contribution >= 0.6 is 0 Å². The van der Waals surface area contributed by atoms with E-state index in [2.05, 4.69) is 10.3 Å². The lowest BCUT2D eigenvalue weighted by Crippen LogP contribution is -2.13. The van der Waals surface area contributed by atoms with E-state index in [-0.39, 0.29) is 5.75 Å². The van der Waals surface area contributed by atoms with Crippen molar-refractivity contribution >= 4 is 0 Å². The van der Waals surface area contributed by atoms with Crippen molar-refractivity contribution in [3.05, 3.63) is 35.5 Å². The van der Waals surface area contributed by atoms with Crippen molar-refractivity contribution in [2.75, 3.05) is 14.2 Å². The number of nitrogens with zero attached hydrogens (tertiary/aromatic N) is 1.